The molecule has 1 fully saturated rings. The Bertz CT molecular complexity index is 1330. The van der Waals surface area contributed by atoms with E-state index in [2.05, 4.69) is 34.6 Å². The van der Waals surface area contributed by atoms with Gasteiger partial charge in [0.2, 0.25) is 17.4 Å². The van der Waals surface area contributed by atoms with Gasteiger partial charge in [0.25, 0.3) is 0 Å². The normalized spacial score (nSPS) is 13.6. The van der Waals surface area contributed by atoms with Gasteiger partial charge >= 0.3 is 5.82 Å². The van der Waals surface area contributed by atoms with Gasteiger partial charge in [0.05, 0.1) is 6.20 Å². The SMILES string of the molecule is O=C1CCCN1Cc1ccc(-c2ccccc2CNc2nc3ccccn3c2[N+](=O)[O-])cc1. The molecular weight excluding hydrogens is 418 g/mol. The first kappa shape index (κ1) is 20.7. The van der Waals surface area contributed by atoms with Crippen LogP contribution in [0.5, 0.6) is 0 Å². The van der Waals surface area contributed by atoms with Crippen molar-refractivity contribution in [2.24, 2.45) is 0 Å². The first-order valence-corrected chi connectivity index (χ1v) is 10.9. The highest BCUT2D eigenvalue weighted by Crippen LogP contribution is 2.29. The minimum atomic E-state index is -0.419. The maximum atomic E-state index is 11.9. The van der Waals surface area contributed by atoms with Crippen LogP contribution in [0.3, 0.4) is 0 Å². The molecule has 0 bridgehead atoms. The number of pyridine rings is 1. The molecule has 0 unspecified atom stereocenters. The maximum Gasteiger partial charge on any atom is 0.372 e. The molecule has 8 heteroatoms. The summed E-state index contributed by atoms with van der Waals surface area (Å²) in [5.74, 6) is 0.382. The smallest absolute Gasteiger partial charge is 0.359 e. The molecule has 1 N–H and O–H groups in total. The Kier molecular flexibility index (Phi) is 5.48. The van der Waals surface area contributed by atoms with Gasteiger partial charge in [0, 0.05) is 32.1 Å². The Balaban J connectivity index is 1.37. The van der Waals surface area contributed by atoms with Crippen molar-refractivity contribution in [3.8, 4) is 11.1 Å². The van der Waals surface area contributed by atoms with Gasteiger partial charge in [-0.25, -0.2) is 0 Å². The van der Waals surface area contributed by atoms with Crippen LogP contribution >= 0.6 is 0 Å². The zero-order valence-electron chi connectivity index (χ0n) is 18.0. The van der Waals surface area contributed by atoms with Crippen molar-refractivity contribution in [2.45, 2.75) is 25.9 Å². The second kappa shape index (κ2) is 8.74. The van der Waals surface area contributed by atoms with Crippen molar-refractivity contribution in [1.29, 1.82) is 0 Å². The molecule has 5 rings (SSSR count). The molecule has 1 saturated heterocycles. The summed E-state index contributed by atoms with van der Waals surface area (Å²) < 4.78 is 1.47. The second-order valence-electron chi connectivity index (χ2n) is 8.10. The highest BCUT2D eigenvalue weighted by atomic mass is 16.6. The summed E-state index contributed by atoms with van der Waals surface area (Å²) in [5.41, 5.74) is 4.72. The minimum Gasteiger partial charge on any atom is -0.359 e. The maximum absolute atomic E-state index is 11.9. The summed E-state index contributed by atoms with van der Waals surface area (Å²) in [7, 11) is 0. The standard InChI is InChI=1S/C25H23N5O3/c31-23-9-5-14-28(23)17-18-10-12-19(13-11-18)21-7-2-1-6-20(21)16-26-24-25(30(32)33)29-15-4-3-8-22(29)27-24/h1-4,6-8,10-13,15,26H,5,9,14,16-17H2. The highest BCUT2D eigenvalue weighted by molar-refractivity contribution is 5.78. The molecule has 0 atom stereocenters. The molecule has 4 aromatic rings. The summed E-state index contributed by atoms with van der Waals surface area (Å²) in [6, 6.07) is 21.5. The zero-order chi connectivity index (χ0) is 22.8. The number of hydrogen-bond acceptors (Lipinski definition) is 5. The molecule has 2 aromatic carbocycles. The number of imidazole rings is 1. The third-order valence-corrected chi connectivity index (χ3v) is 5.95. The van der Waals surface area contributed by atoms with E-state index < -0.39 is 4.92 Å². The van der Waals surface area contributed by atoms with Crippen molar-refractivity contribution in [2.75, 3.05) is 11.9 Å². The molecule has 166 valence electrons. The number of nitrogens with one attached hydrogen (secondary N) is 1. The third-order valence-electron chi connectivity index (χ3n) is 5.95. The molecule has 0 spiro atoms. The van der Waals surface area contributed by atoms with E-state index in [0.717, 1.165) is 35.2 Å². The van der Waals surface area contributed by atoms with Crippen LogP contribution in [0, 0.1) is 10.1 Å². The van der Waals surface area contributed by atoms with Crippen LogP contribution in [0.2, 0.25) is 0 Å². The molecule has 1 aliphatic heterocycles. The molecule has 1 amide bonds. The molecule has 3 heterocycles. The number of fused-ring (bicyclic) bond motifs is 1. The van der Waals surface area contributed by atoms with Gasteiger partial charge in [-0.05, 0) is 39.7 Å². The fourth-order valence-electron chi connectivity index (χ4n) is 4.29. The molecule has 0 radical (unpaired) electrons. The van der Waals surface area contributed by atoms with Crippen molar-refractivity contribution in [3.05, 3.63) is 94.2 Å². The molecule has 33 heavy (non-hydrogen) atoms. The zero-order valence-corrected chi connectivity index (χ0v) is 18.0. The molecule has 2 aromatic heterocycles. The van der Waals surface area contributed by atoms with Gasteiger partial charge in [-0.2, -0.15) is 9.38 Å². The lowest BCUT2D eigenvalue weighted by Gasteiger charge is -2.16. The van der Waals surface area contributed by atoms with Crippen molar-refractivity contribution < 1.29 is 9.72 Å². The summed E-state index contributed by atoms with van der Waals surface area (Å²) in [4.78, 5) is 29.4. The van der Waals surface area contributed by atoms with E-state index in [0.29, 0.717) is 25.2 Å². The van der Waals surface area contributed by atoms with E-state index in [1.54, 1.807) is 24.4 Å². The van der Waals surface area contributed by atoms with Crippen LogP contribution in [0.1, 0.15) is 24.0 Å². The van der Waals surface area contributed by atoms with Gasteiger partial charge in [0.15, 0.2) is 0 Å². The number of likely N-dealkylation sites (tertiary alicyclic amines) is 1. The van der Waals surface area contributed by atoms with Crippen LogP contribution in [-0.4, -0.2) is 31.7 Å². The van der Waals surface area contributed by atoms with Gasteiger partial charge in [-0.15, -0.1) is 0 Å². The molecule has 0 aliphatic carbocycles. The number of hydrogen-bond donors (Lipinski definition) is 1. The highest BCUT2D eigenvalue weighted by Gasteiger charge is 2.22. The van der Waals surface area contributed by atoms with Crippen molar-refractivity contribution >= 4 is 23.2 Å². The Morgan fingerprint density at radius 1 is 1.03 bits per heavy atom. The number of carbonyl (C=O) groups excluding carboxylic acids is 1. The van der Waals surface area contributed by atoms with E-state index in [1.807, 2.05) is 29.2 Å². The second-order valence-corrected chi connectivity index (χ2v) is 8.10. The van der Waals surface area contributed by atoms with Crippen molar-refractivity contribution in [1.82, 2.24) is 14.3 Å². The largest absolute Gasteiger partial charge is 0.372 e. The average Bonchev–Trinajstić information content (AvgIpc) is 3.41. The number of aromatic nitrogens is 2. The number of rotatable bonds is 7. The number of nitro groups is 1. The lowest BCUT2D eigenvalue weighted by Crippen LogP contribution is -2.23. The summed E-state index contributed by atoms with van der Waals surface area (Å²) in [6.07, 6.45) is 3.21. The summed E-state index contributed by atoms with van der Waals surface area (Å²) >= 11 is 0. The summed E-state index contributed by atoms with van der Waals surface area (Å²) in [5, 5.41) is 14.8. The van der Waals surface area contributed by atoms with E-state index >= 15 is 0 Å². The van der Waals surface area contributed by atoms with E-state index in [9.17, 15) is 14.9 Å². The van der Waals surface area contributed by atoms with E-state index in [4.69, 9.17) is 0 Å². The van der Waals surface area contributed by atoms with Crippen LogP contribution in [-0.2, 0) is 17.9 Å². The van der Waals surface area contributed by atoms with Gasteiger partial charge in [-0.3, -0.25) is 4.79 Å². The average molecular weight is 441 g/mol. The fourth-order valence-corrected chi connectivity index (χ4v) is 4.29. The predicted octanol–water partition coefficient (Wildman–Crippen LogP) is 4.64. The Morgan fingerprint density at radius 3 is 2.58 bits per heavy atom. The van der Waals surface area contributed by atoms with E-state index in [-0.39, 0.29) is 17.5 Å². The first-order chi connectivity index (χ1) is 16.1. The monoisotopic (exact) mass is 441 g/mol. The first-order valence-electron chi connectivity index (χ1n) is 10.9. The Hall–Kier alpha value is -4.20. The minimum absolute atomic E-state index is 0.0797. The lowest BCUT2D eigenvalue weighted by molar-refractivity contribution is -0.389. The topological polar surface area (TPSA) is 92.8 Å². The molecule has 8 nitrogen and oxygen atoms in total. The van der Waals surface area contributed by atoms with Crippen LogP contribution < -0.4 is 5.32 Å². The number of anilines is 1. The summed E-state index contributed by atoms with van der Waals surface area (Å²) in [6.45, 7) is 1.86. The Morgan fingerprint density at radius 2 is 1.82 bits per heavy atom. The quantitative estimate of drug-likeness (QED) is 0.333. The van der Waals surface area contributed by atoms with Gasteiger partial charge in [0.1, 0.15) is 0 Å². The number of benzene rings is 2. The predicted molar refractivity (Wildman–Crippen MR) is 126 cm³/mol. The third kappa shape index (κ3) is 4.15. The number of carbonyl (C=O) groups is 1. The van der Waals surface area contributed by atoms with Gasteiger partial charge < -0.3 is 20.3 Å². The van der Waals surface area contributed by atoms with Gasteiger partial charge in [-0.1, -0.05) is 54.6 Å². The number of nitrogens with zero attached hydrogens (tertiary/aromatic N) is 4. The van der Waals surface area contributed by atoms with Crippen LogP contribution in [0.25, 0.3) is 16.8 Å². The molecule has 0 saturated carbocycles. The lowest BCUT2D eigenvalue weighted by atomic mass is 9.98. The van der Waals surface area contributed by atoms with Crippen LogP contribution in [0.4, 0.5) is 11.6 Å². The van der Waals surface area contributed by atoms with Crippen molar-refractivity contribution in [3.63, 3.8) is 0 Å². The fraction of sp³-hybridized carbons (Fsp3) is 0.200. The van der Waals surface area contributed by atoms with E-state index in [1.165, 1.54) is 4.40 Å². The van der Waals surface area contributed by atoms with Crippen LogP contribution in [0.15, 0.2) is 72.9 Å². The number of amides is 1. The Labute approximate surface area is 190 Å². The molecular formula is C25H23N5O3. The molecule has 1 aliphatic rings.